The zero-order chi connectivity index (χ0) is 15.2. The molecule has 2 rings (SSSR count). The number of amides is 1. The van der Waals surface area contributed by atoms with Crippen LogP contribution in [0.2, 0.25) is 5.15 Å². The molecule has 0 spiro atoms. The molecule has 1 N–H and O–H groups in total. The predicted octanol–water partition coefficient (Wildman–Crippen LogP) is 2.33. The number of hydrogen-bond donors (Lipinski definition) is 1. The first-order valence-electron chi connectivity index (χ1n) is 6.77. The van der Waals surface area contributed by atoms with Crippen LogP contribution in [0.5, 0.6) is 0 Å². The van der Waals surface area contributed by atoms with E-state index in [4.69, 9.17) is 16.3 Å². The van der Waals surface area contributed by atoms with E-state index in [9.17, 15) is 14.9 Å². The van der Waals surface area contributed by atoms with Crippen LogP contribution in [0.4, 0.5) is 5.69 Å². The van der Waals surface area contributed by atoms with E-state index in [0.717, 1.165) is 38.1 Å². The van der Waals surface area contributed by atoms with E-state index in [1.165, 1.54) is 0 Å². The van der Waals surface area contributed by atoms with Crippen molar-refractivity contribution in [2.75, 3.05) is 13.2 Å². The minimum Gasteiger partial charge on any atom is -0.378 e. The molecule has 1 saturated heterocycles. The van der Waals surface area contributed by atoms with Crippen LogP contribution in [0.15, 0.2) is 12.3 Å². The molecule has 1 aliphatic heterocycles. The van der Waals surface area contributed by atoms with E-state index in [-0.39, 0.29) is 22.5 Å². The molecule has 114 valence electrons. The molecule has 8 heteroatoms. The molecule has 1 fully saturated rings. The zero-order valence-corrected chi connectivity index (χ0v) is 12.1. The summed E-state index contributed by atoms with van der Waals surface area (Å²) in [5, 5.41) is 13.3. The van der Waals surface area contributed by atoms with E-state index < -0.39 is 10.8 Å². The van der Waals surface area contributed by atoms with Crippen LogP contribution in [0.3, 0.4) is 0 Å². The normalized spacial score (nSPS) is 18.2. The van der Waals surface area contributed by atoms with Gasteiger partial charge in [-0.1, -0.05) is 11.6 Å². The fourth-order valence-corrected chi connectivity index (χ4v) is 2.36. The first kappa shape index (κ1) is 15.7. The molecular formula is C13H16ClN3O4. The van der Waals surface area contributed by atoms with E-state index in [0.29, 0.717) is 13.0 Å². The Kier molecular flexibility index (Phi) is 5.46. The second kappa shape index (κ2) is 7.33. The highest BCUT2D eigenvalue weighted by Crippen LogP contribution is 2.19. The fraction of sp³-hybridized carbons (Fsp3) is 0.538. The smallest absolute Gasteiger partial charge is 0.288 e. The van der Waals surface area contributed by atoms with Crippen LogP contribution < -0.4 is 5.32 Å². The van der Waals surface area contributed by atoms with Crippen LogP contribution in [0, 0.1) is 10.1 Å². The van der Waals surface area contributed by atoms with Gasteiger partial charge < -0.3 is 10.1 Å². The van der Waals surface area contributed by atoms with Crippen molar-refractivity contribution in [3.05, 3.63) is 33.1 Å². The Labute approximate surface area is 126 Å². The van der Waals surface area contributed by atoms with Gasteiger partial charge in [0.05, 0.1) is 16.6 Å². The minimum absolute atomic E-state index is 0.00966. The molecule has 1 atom stereocenters. The highest BCUT2D eigenvalue weighted by Gasteiger charge is 2.18. The lowest BCUT2D eigenvalue weighted by Gasteiger charge is -2.22. The number of carbonyl (C=O) groups excluding carboxylic acids is 1. The maximum Gasteiger partial charge on any atom is 0.288 e. The van der Waals surface area contributed by atoms with E-state index in [2.05, 4.69) is 10.3 Å². The summed E-state index contributed by atoms with van der Waals surface area (Å²) in [7, 11) is 0. The first-order chi connectivity index (χ1) is 10.1. The van der Waals surface area contributed by atoms with Gasteiger partial charge in [0, 0.05) is 19.2 Å². The average Bonchev–Trinajstić information content (AvgIpc) is 2.48. The minimum atomic E-state index is -0.615. The fourth-order valence-electron chi connectivity index (χ4n) is 2.17. The SMILES string of the molecule is O=C(NCCC1CCCCO1)c1cc([N+](=O)[O-])cnc1Cl. The van der Waals surface area contributed by atoms with Crippen molar-refractivity contribution in [2.24, 2.45) is 0 Å². The molecule has 1 unspecified atom stereocenters. The quantitative estimate of drug-likeness (QED) is 0.511. The molecule has 0 radical (unpaired) electrons. The summed E-state index contributed by atoms with van der Waals surface area (Å²) in [5.74, 6) is -0.466. The highest BCUT2D eigenvalue weighted by molar-refractivity contribution is 6.32. The third-order valence-corrected chi connectivity index (χ3v) is 3.61. The van der Waals surface area contributed by atoms with Crippen LogP contribution in [-0.2, 0) is 4.74 Å². The lowest BCUT2D eigenvalue weighted by molar-refractivity contribution is -0.385. The lowest BCUT2D eigenvalue weighted by atomic mass is 10.1. The Hall–Kier alpha value is -1.73. The Bertz CT molecular complexity index is 532. The Balaban J connectivity index is 1.90. The summed E-state index contributed by atoms with van der Waals surface area (Å²) in [6, 6.07) is 1.13. The predicted molar refractivity (Wildman–Crippen MR) is 76.4 cm³/mol. The zero-order valence-electron chi connectivity index (χ0n) is 11.4. The second-order valence-electron chi connectivity index (χ2n) is 4.82. The maximum atomic E-state index is 12.0. The third kappa shape index (κ3) is 4.37. The van der Waals surface area contributed by atoms with Crippen molar-refractivity contribution >= 4 is 23.2 Å². The van der Waals surface area contributed by atoms with Gasteiger partial charge in [-0.15, -0.1) is 0 Å². The monoisotopic (exact) mass is 313 g/mol. The molecule has 0 bridgehead atoms. The van der Waals surface area contributed by atoms with Crippen LogP contribution in [0.25, 0.3) is 0 Å². The van der Waals surface area contributed by atoms with Gasteiger partial charge in [0.1, 0.15) is 11.3 Å². The van der Waals surface area contributed by atoms with Gasteiger partial charge in [-0.25, -0.2) is 4.98 Å². The summed E-state index contributed by atoms with van der Waals surface area (Å²) in [4.78, 5) is 25.7. The maximum absolute atomic E-state index is 12.0. The molecule has 0 aliphatic carbocycles. The van der Waals surface area contributed by atoms with Crippen molar-refractivity contribution in [2.45, 2.75) is 31.8 Å². The van der Waals surface area contributed by atoms with Crippen molar-refractivity contribution in [1.82, 2.24) is 10.3 Å². The molecule has 0 saturated carbocycles. The molecule has 2 heterocycles. The number of aromatic nitrogens is 1. The Morgan fingerprint density at radius 1 is 1.57 bits per heavy atom. The number of nitrogens with zero attached hydrogens (tertiary/aromatic N) is 2. The molecular weight excluding hydrogens is 298 g/mol. The van der Waals surface area contributed by atoms with E-state index in [1.807, 2.05) is 0 Å². The van der Waals surface area contributed by atoms with Crippen molar-refractivity contribution in [1.29, 1.82) is 0 Å². The van der Waals surface area contributed by atoms with Gasteiger partial charge in [-0.2, -0.15) is 0 Å². The second-order valence-corrected chi connectivity index (χ2v) is 5.18. The topological polar surface area (TPSA) is 94.4 Å². The van der Waals surface area contributed by atoms with Crippen molar-refractivity contribution in [3.63, 3.8) is 0 Å². The number of rotatable bonds is 5. The molecule has 21 heavy (non-hydrogen) atoms. The van der Waals surface area contributed by atoms with Crippen molar-refractivity contribution in [3.8, 4) is 0 Å². The summed E-state index contributed by atoms with van der Waals surface area (Å²) in [5.41, 5.74) is -0.254. The summed E-state index contributed by atoms with van der Waals surface area (Å²) < 4.78 is 5.56. The summed E-state index contributed by atoms with van der Waals surface area (Å²) in [6.45, 7) is 1.20. The molecule has 0 aromatic carbocycles. The first-order valence-corrected chi connectivity index (χ1v) is 7.15. The van der Waals surface area contributed by atoms with Gasteiger partial charge in [0.2, 0.25) is 0 Å². The van der Waals surface area contributed by atoms with Crippen LogP contribution in [-0.4, -0.2) is 35.1 Å². The number of pyridine rings is 1. The highest BCUT2D eigenvalue weighted by atomic mass is 35.5. The number of halogens is 1. The number of hydrogen-bond acceptors (Lipinski definition) is 5. The van der Waals surface area contributed by atoms with Gasteiger partial charge in [0.15, 0.2) is 0 Å². The molecule has 1 aromatic heterocycles. The van der Waals surface area contributed by atoms with E-state index >= 15 is 0 Å². The molecule has 7 nitrogen and oxygen atoms in total. The standard InChI is InChI=1S/C13H16ClN3O4/c14-12-11(7-9(8-16-12)17(19)20)13(18)15-5-4-10-3-1-2-6-21-10/h7-8,10H,1-6H2,(H,15,18). The Morgan fingerprint density at radius 3 is 3.05 bits per heavy atom. The average molecular weight is 314 g/mol. The Morgan fingerprint density at radius 2 is 2.38 bits per heavy atom. The number of carbonyl (C=O) groups is 1. The molecule has 1 aromatic rings. The van der Waals surface area contributed by atoms with Gasteiger partial charge >= 0.3 is 0 Å². The van der Waals surface area contributed by atoms with Gasteiger partial charge in [0.25, 0.3) is 11.6 Å². The van der Waals surface area contributed by atoms with Crippen LogP contribution >= 0.6 is 11.6 Å². The summed E-state index contributed by atoms with van der Waals surface area (Å²) >= 11 is 5.80. The van der Waals surface area contributed by atoms with E-state index in [1.54, 1.807) is 0 Å². The summed E-state index contributed by atoms with van der Waals surface area (Å²) in [6.07, 6.45) is 5.12. The molecule has 1 amide bonds. The van der Waals surface area contributed by atoms with Crippen molar-refractivity contribution < 1.29 is 14.5 Å². The lowest BCUT2D eigenvalue weighted by Crippen LogP contribution is -2.29. The largest absolute Gasteiger partial charge is 0.378 e. The third-order valence-electron chi connectivity index (χ3n) is 3.31. The number of nitrogens with one attached hydrogen (secondary N) is 1. The van der Waals surface area contributed by atoms with Gasteiger partial charge in [-0.05, 0) is 25.7 Å². The van der Waals surface area contributed by atoms with Gasteiger partial charge in [-0.3, -0.25) is 14.9 Å². The van der Waals surface area contributed by atoms with Crippen LogP contribution in [0.1, 0.15) is 36.0 Å². The number of ether oxygens (including phenoxy) is 1. The molecule has 1 aliphatic rings. The number of nitro groups is 1.